The molecule has 8 heteroatoms. The van der Waals surface area contributed by atoms with Gasteiger partial charge in [-0.25, -0.2) is 4.98 Å². The van der Waals surface area contributed by atoms with Crippen molar-refractivity contribution in [1.29, 1.82) is 0 Å². The lowest BCUT2D eigenvalue weighted by Gasteiger charge is -2.14. The molecule has 0 bridgehead atoms. The topological polar surface area (TPSA) is 89.3 Å². The molecule has 0 radical (unpaired) electrons. The van der Waals surface area contributed by atoms with Crippen molar-refractivity contribution in [3.63, 3.8) is 0 Å². The predicted octanol–water partition coefficient (Wildman–Crippen LogP) is 7.25. The summed E-state index contributed by atoms with van der Waals surface area (Å²) in [5.74, 6) is 2.08. The molecule has 0 aliphatic rings. The summed E-state index contributed by atoms with van der Waals surface area (Å²) >= 11 is 0. The molecule has 0 saturated carbocycles. The summed E-state index contributed by atoms with van der Waals surface area (Å²) in [6, 6.07) is 26.0. The molecule has 42 heavy (non-hydrogen) atoms. The number of ketones is 1. The fraction of sp³-hybridized carbons (Fsp3) is 0.176. The Bertz CT molecular complexity index is 1670. The Morgan fingerprint density at radius 1 is 0.786 bits per heavy atom. The summed E-state index contributed by atoms with van der Waals surface area (Å²) < 4.78 is 34.4. The Kier molecular flexibility index (Phi) is 8.72. The van der Waals surface area contributed by atoms with Gasteiger partial charge in [0, 0.05) is 5.56 Å². The first-order chi connectivity index (χ1) is 20.5. The third-order valence-corrected chi connectivity index (χ3v) is 6.51. The van der Waals surface area contributed by atoms with Crippen LogP contribution in [0, 0.1) is 0 Å². The van der Waals surface area contributed by atoms with Crippen molar-refractivity contribution >= 4 is 28.5 Å². The highest BCUT2D eigenvalue weighted by Gasteiger charge is 2.24. The molecule has 5 rings (SSSR count). The zero-order valence-electron chi connectivity index (χ0n) is 23.9. The van der Waals surface area contributed by atoms with Gasteiger partial charge in [-0.1, -0.05) is 48.5 Å². The first kappa shape index (κ1) is 28.3. The molecule has 8 nitrogen and oxygen atoms in total. The SMILES string of the molecule is CCOc1cc(/C=C(/C(=O)c2cc(OC)c(OC)c(OC)c2)c2nc3ccccc3o2)ccc1OCc1ccccc1. The Morgan fingerprint density at radius 3 is 2.17 bits per heavy atom. The highest BCUT2D eigenvalue weighted by molar-refractivity contribution is 6.32. The number of fused-ring (bicyclic) bond motifs is 1. The minimum absolute atomic E-state index is 0.178. The van der Waals surface area contributed by atoms with Gasteiger partial charge >= 0.3 is 0 Å². The Morgan fingerprint density at radius 2 is 1.50 bits per heavy atom. The third-order valence-electron chi connectivity index (χ3n) is 6.51. The van der Waals surface area contributed by atoms with Crippen molar-refractivity contribution in [3.8, 4) is 28.7 Å². The maximum atomic E-state index is 14.1. The van der Waals surface area contributed by atoms with Crippen molar-refractivity contribution in [2.45, 2.75) is 13.5 Å². The minimum atomic E-state index is -0.344. The van der Waals surface area contributed by atoms with E-state index in [4.69, 9.17) is 28.1 Å². The molecule has 0 unspecified atom stereocenters. The number of Topliss-reactive ketones (excluding diaryl/α,β-unsaturated/α-hetero) is 1. The summed E-state index contributed by atoms with van der Waals surface area (Å²) in [6.45, 7) is 2.74. The second kappa shape index (κ2) is 13.0. The van der Waals surface area contributed by atoms with Crippen LogP contribution >= 0.6 is 0 Å². The van der Waals surface area contributed by atoms with Gasteiger partial charge in [0.15, 0.2) is 34.4 Å². The molecule has 214 valence electrons. The van der Waals surface area contributed by atoms with Gasteiger partial charge < -0.3 is 28.1 Å². The monoisotopic (exact) mass is 565 g/mol. The van der Waals surface area contributed by atoms with Crippen LogP contribution < -0.4 is 23.7 Å². The zero-order valence-corrected chi connectivity index (χ0v) is 23.9. The number of allylic oxidation sites excluding steroid dienone is 1. The molecule has 0 aliphatic carbocycles. The lowest BCUT2D eigenvalue weighted by atomic mass is 9.99. The van der Waals surface area contributed by atoms with E-state index in [9.17, 15) is 4.79 Å². The van der Waals surface area contributed by atoms with E-state index < -0.39 is 0 Å². The van der Waals surface area contributed by atoms with Crippen LogP contribution in [0.25, 0.3) is 22.7 Å². The number of ether oxygens (including phenoxy) is 5. The number of methoxy groups -OCH3 is 3. The molecule has 4 aromatic carbocycles. The van der Waals surface area contributed by atoms with Crippen LogP contribution in [0.15, 0.2) is 89.3 Å². The van der Waals surface area contributed by atoms with Crippen LogP contribution in [-0.4, -0.2) is 38.7 Å². The van der Waals surface area contributed by atoms with Crippen molar-refractivity contribution in [3.05, 3.63) is 108 Å². The number of hydrogen-bond acceptors (Lipinski definition) is 8. The average Bonchev–Trinajstić information content (AvgIpc) is 3.47. The van der Waals surface area contributed by atoms with Gasteiger partial charge in [-0.15, -0.1) is 0 Å². The zero-order chi connectivity index (χ0) is 29.5. The molecule has 0 amide bonds. The van der Waals surface area contributed by atoms with Gasteiger partial charge in [0.05, 0.1) is 33.5 Å². The maximum Gasteiger partial charge on any atom is 0.231 e. The average molecular weight is 566 g/mol. The highest BCUT2D eigenvalue weighted by atomic mass is 16.5. The smallest absolute Gasteiger partial charge is 0.231 e. The van der Waals surface area contributed by atoms with Crippen LogP contribution in [0.1, 0.15) is 34.3 Å². The predicted molar refractivity (Wildman–Crippen MR) is 161 cm³/mol. The fourth-order valence-electron chi connectivity index (χ4n) is 4.48. The molecule has 0 fully saturated rings. The van der Waals surface area contributed by atoms with E-state index in [1.54, 1.807) is 24.3 Å². The summed E-state index contributed by atoms with van der Waals surface area (Å²) in [6.07, 6.45) is 1.72. The van der Waals surface area contributed by atoms with Crippen molar-refractivity contribution in [1.82, 2.24) is 4.98 Å². The Balaban J connectivity index is 1.58. The normalized spacial score (nSPS) is 11.3. The summed E-state index contributed by atoms with van der Waals surface area (Å²) in [5.41, 5.74) is 3.49. The molecular formula is C34H31NO7. The molecule has 1 aromatic heterocycles. The first-order valence-electron chi connectivity index (χ1n) is 13.4. The van der Waals surface area contributed by atoms with Crippen LogP contribution in [0.2, 0.25) is 0 Å². The number of carbonyl (C=O) groups is 1. The van der Waals surface area contributed by atoms with Gasteiger partial charge in [-0.2, -0.15) is 0 Å². The number of aromatic nitrogens is 1. The lowest BCUT2D eigenvalue weighted by molar-refractivity contribution is 0.105. The lowest BCUT2D eigenvalue weighted by Crippen LogP contribution is -2.06. The van der Waals surface area contributed by atoms with Crippen LogP contribution in [-0.2, 0) is 6.61 Å². The molecule has 5 aromatic rings. The fourth-order valence-corrected chi connectivity index (χ4v) is 4.48. The number of oxazole rings is 1. The molecule has 0 aliphatic heterocycles. The number of nitrogens with zero attached hydrogens (tertiary/aromatic N) is 1. The number of rotatable bonds is 12. The van der Waals surface area contributed by atoms with E-state index in [2.05, 4.69) is 4.98 Å². The Labute approximate surface area is 244 Å². The first-order valence-corrected chi connectivity index (χ1v) is 13.4. The van der Waals surface area contributed by atoms with Gasteiger partial charge in [-0.3, -0.25) is 4.79 Å². The van der Waals surface area contributed by atoms with Crippen molar-refractivity contribution in [2.75, 3.05) is 27.9 Å². The molecule has 0 N–H and O–H groups in total. The number of para-hydroxylation sites is 2. The molecule has 0 saturated heterocycles. The molecule has 0 spiro atoms. The molecule has 0 atom stereocenters. The molecular weight excluding hydrogens is 534 g/mol. The van der Waals surface area contributed by atoms with E-state index >= 15 is 0 Å². The van der Waals surface area contributed by atoms with Gasteiger partial charge in [0.2, 0.25) is 11.6 Å². The van der Waals surface area contributed by atoms with E-state index in [1.165, 1.54) is 21.3 Å². The largest absolute Gasteiger partial charge is 0.493 e. The van der Waals surface area contributed by atoms with Crippen molar-refractivity contribution in [2.24, 2.45) is 0 Å². The van der Waals surface area contributed by atoms with Crippen LogP contribution in [0.5, 0.6) is 28.7 Å². The van der Waals surface area contributed by atoms with Crippen LogP contribution in [0.3, 0.4) is 0 Å². The number of carbonyl (C=O) groups excluding carboxylic acids is 1. The van der Waals surface area contributed by atoms with Gasteiger partial charge in [-0.05, 0) is 60.5 Å². The van der Waals surface area contributed by atoms with E-state index in [0.29, 0.717) is 64.2 Å². The molecule has 1 heterocycles. The second-order valence-electron chi connectivity index (χ2n) is 9.20. The number of benzene rings is 4. The quantitative estimate of drug-likeness (QED) is 0.115. The van der Waals surface area contributed by atoms with E-state index in [0.717, 1.165) is 5.56 Å². The summed E-state index contributed by atoms with van der Waals surface area (Å²) in [4.78, 5) is 18.7. The maximum absolute atomic E-state index is 14.1. The second-order valence-corrected chi connectivity index (χ2v) is 9.20. The minimum Gasteiger partial charge on any atom is -0.493 e. The number of hydrogen-bond donors (Lipinski definition) is 0. The Hall–Kier alpha value is -5.24. The van der Waals surface area contributed by atoms with Crippen molar-refractivity contribution < 1.29 is 32.9 Å². The third kappa shape index (κ3) is 6.07. The highest BCUT2D eigenvalue weighted by Crippen LogP contribution is 2.40. The van der Waals surface area contributed by atoms with Gasteiger partial charge in [0.1, 0.15) is 12.1 Å². The van der Waals surface area contributed by atoms with Gasteiger partial charge in [0.25, 0.3) is 0 Å². The standard InChI is InChI=1S/C34H31NO7/c1-5-40-29-18-23(15-16-28(29)41-21-22-11-7-6-8-12-22)17-25(34-35-26-13-9-10-14-27(26)42-34)32(36)24-19-30(37-2)33(39-4)31(20-24)38-3/h6-20H,5,21H2,1-4H3/b25-17-. The summed E-state index contributed by atoms with van der Waals surface area (Å²) in [7, 11) is 4.51. The summed E-state index contributed by atoms with van der Waals surface area (Å²) in [5, 5.41) is 0. The van der Waals surface area contributed by atoms with Crippen LogP contribution in [0.4, 0.5) is 0 Å². The van der Waals surface area contributed by atoms with E-state index in [-0.39, 0.29) is 17.2 Å². The van der Waals surface area contributed by atoms with E-state index in [1.807, 2.05) is 73.7 Å².